The summed E-state index contributed by atoms with van der Waals surface area (Å²) < 4.78 is 30.7. The largest absolute Gasteiger partial charge is 0.477 e. The van der Waals surface area contributed by atoms with E-state index in [-0.39, 0.29) is 17.9 Å². The first-order chi connectivity index (χ1) is 19.9. The van der Waals surface area contributed by atoms with E-state index in [1.807, 2.05) is 32.0 Å². The van der Waals surface area contributed by atoms with Crippen molar-refractivity contribution in [1.82, 2.24) is 14.5 Å². The van der Waals surface area contributed by atoms with Crippen LogP contribution in [-0.4, -0.2) is 64.7 Å². The van der Waals surface area contributed by atoms with Gasteiger partial charge in [0.15, 0.2) is 0 Å². The van der Waals surface area contributed by atoms with Crippen molar-refractivity contribution in [3.63, 3.8) is 0 Å². The third-order valence-electron chi connectivity index (χ3n) is 7.38. The maximum Gasteiger partial charge on any atom is 0.352 e. The molecule has 5 rings (SSSR count). The number of pyridine rings is 1. The van der Waals surface area contributed by atoms with Crippen LogP contribution >= 0.6 is 0 Å². The monoisotopic (exact) mass is 563 g/mol. The molecule has 0 aliphatic heterocycles. The summed E-state index contributed by atoms with van der Waals surface area (Å²) in [6.07, 6.45) is 5.45. The molecule has 3 aromatic heterocycles. The molecule has 0 unspecified atom stereocenters. The minimum absolute atomic E-state index is 0.0454. The molecule has 0 radical (unpaired) electrons. The van der Waals surface area contributed by atoms with Crippen LogP contribution in [0.4, 0.5) is 0 Å². The summed E-state index contributed by atoms with van der Waals surface area (Å²) in [5.41, 5.74) is 3.84. The maximum absolute atomic E-state index is 11.9. The number of carboxylic acid groups (broad SMARTS) is 1. The van der Waals surface area contributed by atoms with E-state index >= 15 is 0 Å². The highest BCUT2D eigenvalue weighted by Crippen LogP contribution is 2.28. The highest BCUT2D eigenvalue weighted by atomic mass is 16.5. The van der Waals surface area contributed by atoms with Crippen molar-refractivity contribution in [2.75, 3.05) is 26.9 Å². The van der Waals surface area contributed by atoms with Crippen molar-refractivity contribution in [1.29, 1.82) is 0 Å². The summed E-state index contributed by atoms with van der Waals surface area (Å²) in [5.74, 6) is 0.808. The number of hydrogen-bond donors (Lipinski definition) is 1. The molecule has 0 spiro atoms. The molecule has 10 heteroatoms. The van der Waals surface area contributed by atoms with E-state index in [1.165, 1.54) is 0 Å². The van der Waals surface area contributed by atoms with Gasteiger partial charge in [-0.05, 0) is 57.7 Å². The number of benzene rings is 1. The fraction of sp³-hybridized carbons (Fsp3) is 0.452. The number of carboxylic acids is 1. The number of nitrogens with zero attached hydrogens (tertiary/aromatic N) is 3. The Morgan fingerprint density at radius 3 is 2.71 bits per heavy atom. The van der Waals surface area contributed by atoms with E-state index in [9.17, 15) is 9.90 Å². The quantitative estimate of drug-likeness (QED) is 0.208. The predicted molar refractivity (Wildman–Crippen MR) is 152 cm³/mol. The maximum atomic E-state index is 11.9. The van der Waals surface area contributed by atoms with Crippen LogP contribution in [0.1, 0.15) is 53.2 Å². The summed E-state index contributed by atoms with van der Waals surface area (Å²) >= 11 is 0. The molecule has 1 aliphatic carbocycles. The zero-order chi connectivity index (χ0) is 28.8. The second-order valence-corrected chi connectivity index (χ2v) is 10.4. The summed E-state index contributed by atoms with van der Waals surface area (Å²) in [4.78, 5) is 21.0. The normalized spacial score (nSPS) is 17.2. The average molecular weight is 564 g/mol. The van der Waals surface area contributed by atoms with E-state index in [1.54, 1.807) is 30.0 Å². The number of oxazole rings is 1. The Balaban J connectivity index is 1.15. The summed E-state index contributed by atoms with van der Waals surface area (Å²) in [6, 6.07) is 11.5. The molecular weight excluding hydrogens is 526 g/mol. The van der Waals surface area contributed by atoms with E-state index in [4.69, 9.17) is 23.4 Å². The number of methoxy groups -OCH3 is 1. The molecule has 1 aliphatic rings. The van der Waals surface area contributed by atoms with Gasteiger partial charge >= 0.3 is 5.97 Å². The van der Waals surface area contributed by atoms with Crippen LogP contribution < -0.4 is 4.74 Å². The molecule has 4 aromatic rings. The molecule has 0 saturated heterocycles. The molecular formula is C31H37N3O7. The fourth-order valence-corrected chi connectivity index (χ4v) is 5.24. The Kier molecular flexibility index (Phi) is 9.33. The van der Waals surface area contributed by atoms with Gasteiger partial charge in [-0.15, -0.1) is 0 Å². The van der Waals surface area contributed by atoms with Crippen molar-refractivity contribution in [2.45, 2.75) is 64.9 Å². The lowest BCUT2D eigenvalue weighted by atomic mass is 9.95. The molecule has 218 valence electrons. The smallest absolute Gasteiger partial charge is 0.352 e. The number of carbonyl (C=O) groups is 1. The van der Waals surface area contributed by atoms with Gasteiger partial charge in [0.1, 0.15) is 23.8 Å². The molecule has 41 heavy (non-hydrogen) atoms. The highest BCUT2D eigenvalue weighted by molar-refractivity contribution is 5.94. The van der Waals surface area contributed by atoms with Gasteiger partial charge in [0.05, 0.1) is 43.7 Å². The molecule has 0 amide bonds. The molecule has 3 heterocycles. The Morgan fingerprint density at radius 1 is 1.10 bits per heavy atom. The lowest BCUT2D eigenvalue weighted by Crippen LogP contribution is -2.29. The number of aromatic carboxylic acids is 1. The SMILES string of the molecule is COCCOc1cc2cc(C(=O)O)n(CCO[C@@H]3CCC[C@H](OCc4nc(-c5cccc(C)c5)oc4C)C3)c2cn1. The van der Waals surface area contributed by atoms with Gasteiger partial charge in [-0.3, -0.25) is 0 Å². The van der Waals surface area contributed by atoms with Crippen LogP contribution in [-0.2, 0) is 27.4 Å². The number of aromatic nitrogens is 3. The van der Waals surface area contributed by atoms with Crippen molar-refractivity contribution < 1.29 is 33.3 Å². The first kappa shape index (κ1) is 28.8. The third kappa shape index (κ3) is 7.13. The predicted octanol–water partition coefficient (Wildman–Crippen LogP) is 5.58. The summed E-state index contributed by atoms with van der Waals surface area (Å²) in [7, 11) is 1.60. The summed E-state index contributed by atoms with van der Waals surface area (Å²) in [6.45, 7) is 5.95. The van der Waals surface area contributed by atoms with Crippen LogP contribution in [0.5, 0.6) is 5.88 Å². The van der Waals surface area contributed by atoms with Gasteiger partial charge < -0.3 is 33.0 Å². The van der Waals surface area contributed by atoms with E-state index < -0.39 is 5.97 Å². The van der Waals surface area contributed by atoms with Crippen LogP contribution in [0, 0.1) is 13.8 Å². The zero-order valence-corrected chi connectivity index (χ0v) is 23.8. The van der Waals surface area contributed by atoms with Gasteiger partial charge in [-0.25, -0.2) is 14.8 Å². The first-order valence-corrected chi connectivity index (χ1v) is 14.0. The lowest BCUT2D eigenvalue weighted by molar-refractivity contribution is -0.0523. The minimum atomic E-state index is -0.997. The van der Waals surface area contributed by atoms with Crippen molar-refractivity contribution in [2.24, 2.45) is 0 Å². The third-order valence-corrected chi connectivity index (χ3v) is 7.38. The molecule has 1 N–H and O–H groups in total. The fourth-order valence-electron chi connectivity index (χ4n) is 5.24. The standard InChI is InChI=1S/C31H37N3O7/c1-20-6-4-7-22(14-20)30-33-26(21(2)41-30)19-40-25-9-5-8-24(17-25)38-11-10-34-27(31(35)36)15-23-16-29(32-18-28(23)34)39-13-12-37-3/h4,6-7,14-16,18,24-25H,5,8-13,17,19H2,1-3H3,(H,35,36)/t24-,25+/m1/s1. The molecule has 2 atom stereocenters. The Morgan fingerprint density at radius 2 is 1.93 bits per heavy atom. The van der Waals surface area contributed by atoms with Gasteiger partial charge in [0, 0.05) is 30.7 Å². The van der Waals surface area contributed by atoms with E-state index in [0.717, 1.165) is 59.2 Å². The van der Waals surface area contributed by atoms with Crippen LogP contribution in [0.2, 0.25) is 0 Å². The molecule has 0 bridgehead atoms. The minimum Gasteiger partial charge on any atom is -0.477 e. The van der Waals surface area contributed by atoms with Crippen LogP contribution in [0.25, 0.3) is 22.4 Å². The van der Waals surface area contributed by atoms with Gasteiger partial charge in [-0.1, -0.05) is 17.7 Å². The van der Waals surface area contributed by atoms with Crippen molar-refractivity contribution in [3.8, 4) is 17.3 Å². The molecule has 1 aromatic carbocycles. The van der Waals surface area contributed by atoms with Gasteiger partial charge in [0.25, 0.3) is 0 Å². The van der Waals surface area contributed by atoms with E-state index in [0.29, 0.717) is 44.7 Å². The number of ether oxygens (including phenoxy) is 4. The van der Waals surface area contributed by atoms with Crippen LogP contribution in [0.3, 0.4) is 0 Å². The average Bonchev–Trinajstić information content (AvgIpc) is 3.52. The van der Waals surface area contributed by atoms with Crippen LogP contribution in [0.15, 0.2) is 47.0 Å². The van der Waals surface area contributed by atoms with E-state index in [2.05, 4.69) is 16.0 Å². The van der Waals surface area contributed by atoms with Gasteiger partial charge in [-0.2, -0.15) is 0 Å². The Bertz CT molecular complexity index is 1480. The Labute approximate surface area is 239 Å². The second-order valence-electron chi connectivity index (χ2n) is 10.4. The molecule has 10 nitrogen and oxygen atoms in total. The first-order valence-electron chi connectivity index (χ1n) is 14.0. The van der Waals surface area contributed by atoms with Gasteiger partial charge in [0.2, 0.25) is 11.8 Å². The number of fused-ring (bicyclic) bond motifs is 1. The number of rotatable bonds is 13. The highest BCUT2D eigenvalue weighted by Gasteiger charge is 2.25. The topological polar surface area (TPSA) is 118 Å². The Hall–Kier alpha value is -3.73. The van der Waals surface area contributed by atoms with Crippen molar-refractivity contribution >= 4 is 16.9 Å². The second kappa shape index (κ2) is 13.3. The lowest BCUT2D eigenvalue weighted by Gasteiger charge is -2.29. The zero-order valence-electron chi connectivity index (χ0n) is 23.8. The number of hydrogen-bond acceptors (Lipinski definition) is 8. The summed E-state index contributed by atoms with van der Waals surface area (Å²) in [5, 5.41) is 10.5. The number of aryl methyl sites for hydroxylation is 2. The molecule has 1 fully saturated rings. The van der Waals surface area contributed by atoms with Crippen molar-refractivity contribution in [3.05, 3.63) is 65.3 Å². The molecule has 1 saturated carbocycles.